The van der Waals surface area contributed by atoms with Crippen molar-refractivity contribution < 1.29 is 29.2 Å². The van der Waals surface area contributed by atoms with Gasteiger partial charge in [0.15, 0.2) is 6.29 Å². The maximum absolute atomic E-state index is 9.59. The SMILES string of the molecule is CO[C@@H]1[C@@H](OC)[C@H](O)O[C@H](CO)[C@@H]1OC. The van der Waals surface area contributed by atoms with E-state index in [1.165, 1.54) is 21.3 Å². The van der Waals surface area contributed by atoms with Crippen molar-refractivity contribution in [2.75, 3.05) is 27.9 Å². The summed E-state index contributed by atoms with van der Waals surface area (Å²) in [5.74, 6) is 0. The van der Waals surface area contributed by atoms with E-state index in [-0.39, 0.29) is 6.61 Å². The van der Waals surface area contributed by atoms with Crippen LogP contribution in [0.25, 0.3) is 0 Å². The second kappa shape index (κ2) is 5.74. The average molecular weight is 222 g/mol. The van der Waals surface area contributed by atoms with Crippen molar-refractivity contribution >= 4 is 0 Å². The maximum atomic E-state index is 9.59. The summed E-state index contributed by atoms with van der Waals surface area (Å²) in [5.41, 5.74) is 0. The third kappa shape index (κ3) is 2.47. The molecule has 1 aliphatic heterocycles. The molecule has 2 N–H and O–H groups in total. The van der Waals surface area contributed by atoms with Gasteiger partial charge in [-0.2, -0.15) is 0 Å². The predicted octanol–water partition coefficient (Wildman–Crippen LogP) is -1.26. The molecule has 0 aromatic heterocycles. The molecule has 0 spiro atoms. The minimum atomic E-state index is -1.12. The van der Waals surface area contributed by atoms with Crippen LogP contribution < -0.4 is 0 Å². The monoisotopic (exact) mass is 222 g/mol. The van der Waals surface area contributed by atoms with Gasteiger partial charge in [-0.3, -0.25) is 0 Å². The average Bonchev–Trinajstić information content (AvgIpc) is 2.27. The number of hydrogen-bond acceptors (Lipinski definition) is 6. The van der Waals surface area contributed by atoms with Crippen LogP contribution in [0, 0.1) is 0 Å². The molecule has 1 rings (SSSR count). The van der Waals surface area contributed by atoms with Gasteiger partial charge in [-0.05, 0) is 0 Å². The second-order valence-electron chi connectivity index (χ2n) is 3.35. The van der Waals surface area contributed by atoms with Crippen molar-refractivity contribution in [3.05, 3.63) is 0 Å². The first-order valence-corrected chi connectivity index (χ1v) is 4.72. The van der Waals surface area contributed by atoms with Crippen LogP contribution in [0.2, 0.25) is 0 Å². The van der Waals surface area contributed by atoms with E-state index >= 15 is 0 Å². The van der Waals surface area contributed by atoms with Crippen LogP contribution in [0.15, 0.2) is 0 Å². The molecule has 6 nitrogen and oxygen atoms in total. The van der Waals surface area contributed by atoms with Crippen LogP contribution in [0.3, 0.4) is 0 Å². The highest BCUT2D eigenvalue weighted by molar-refractivity contribution is 4.91. The minimum absolute atomic E-state index is 0.244. The van der Waals surface area contributed by atoms with Crippen LogP contribution in [0.5, 0.6) is 0 Å². The molecule has 1 fully saturated rings. The molecule has 6 heteroatoms. The van der Waals surface area contributed by atoms with Crippen LogP contribution >= 0.6 is 0 Å². The third-order valence-electron chi connectivity index (χ3n) is 2.61. The molecule has 5 atom stereocenters. The van der Waals surface area contributed by atoms with Gasteiger partial charge in [-0.25, -0.2) is 0 Å². The van der Waals surface area contributed by atoms with Gasteiger partial charge in [0, 0.05) is 21.3 Å². The predicted molar refractivity (Wildman–Crippen MR) is 50.4 cm³/mol. The number of hydrogen-bond donors (Lipinski definition) is 2. The van der Waals surface area contributed by atoms with E-state index in [1.807, 2.05) is 0 Å². The molecular weight excluding hydrogens is 204 g/mol. The van der Waals surface area contributed by atoms with Crippen molar-refractivity contribution in [2.24, 2.45) is 0 Å². The van der Waals surface area contributed by atoms with Crippen LogP contribution in [0.1, 0.15) is 0 Å². The standard InChI is InChI=1S/C9H18O6/c1-12-6-5(4-10)15-9(11)8(14-3)7(6)13-2/h5-11H,4H2,1-3H3/t5-,6+,7+,8-,9-/m1/s1. The van der Waals surface area contributed by atoms with E-state index in [2.05, 4.69) is 0 Å². The molecule has 0 aliphatic carbocycles. The summed E-state index contributed by atoms with van der Waals surface area (Å²) in [5, 5.41) is 18.7. The molecule has 0 aromatic rings. The Morgan fingerprint density at radius 1 is 1.00 bits per heavy atom. The van der Waals surface area contributed by atoms with Gasteiger partial charge >= 0.3 is 0 Å². The fourth-order valence-corrected chi connectivity index (χ4v) is 1.85. The van der Waals surface area contributed by atoms with Crippen molar-refractivity contribution in [3.8, 4) is 0 Å². The van der Waals surface area contributed by atoms with Gasteiger partial charge in [-0.15, -0.1) is 0 Å². The Labute approximate surface area is 88.7 Å². The molecule has 0 radical (unpaired) electrons. The van der Waals surface area contributed by atoms with Crippen LogP contribution in [0.4, 0.5) is 0 Å². The summed E-state index contributed by atoms with van der Waals surface area (Å²) in [4.78, 5) is 0. The van der Waals surface area contributed by atoms with E-state index in [0.717, 1.165) is 0 Å². The number of ether oxygens (including phenoxy) is 4. The van der Waals surface area contributed by atoms with Gasteiger partial charge < -0.3 is 29.2 Å². The molecule has 0 bridgehead atoms. The van der Waals surface area contributed by atoms with Gasteiger partial charge in [0.05, 0.1) is 6.61 Å². The van der Waals surface area contributed by atoms with Crippen molar-refractivity contribution in [1.82, 2.24) is 0 Å². The topological polar surface area (TPSA) is 77.4 Å². The molecule has 15 heavy (non-hydrogen) atoms. The molecule has 1 saturated heterocycles. The first-order chi connectivity index (χ1) is 7.19. The second-order valence-corrected chi connectivity index (χ2v) is 3.35. The van der Waals surface area contributed by atoms with E-state index in [1.54, 1.807) is 0 Å². The van der Waals surface area contributed by atoms with Gasteiger partial charge in [0.1, 0.15) is 24.4 Å². The Kier molecular flexibility index (Phi) is 4.91. The van der Waals surface area contributed by atoms with Crippen LogP contribution in [-0.2, 0) is 18.9 Å². The van der Waals surface area contributed by atoms with Crippen molar-refractivity contribution in [2.45, 2.75) is 30.7 Å². The zero-order chi connectivity index (χ0) is 11.4. The molecule has 1 aliphatic rings. The lowest BCUT2D eigenvalue weighted by Crippen LogP contribution is -2.60. The quantitative estimate of drug-likeness (QED) is 0.618. The normalized spacial score (nSPS) is 41.8. The van der Waals surface area contributed by atoms with Crippen molar-refractivity contribution in [3.63, 3.8) is 0 Å². The summed E-state index contributed by atoms with van der Waals surface area (Å²) in [7, 11) is 4.44. The van der Waals surface area contributed by atoms with Gasteiger partial charge in [0.25, 0.3) is 0 Å². The number of aliphatic hydroxyl groups excluding tert-OH is 2. The Morgan fingerprint density at radius 3 is 1.93 bits per heavy atom. The maximum Gasteiger partial charge on any atom is 0.184 e. The summed E-state index contributed by atoms with van der Waals surface area (Å²) in [6, 6.07) is 0. The zero-order valence-corrected chi connectivity index (χ0v) is 9.12. The van der Waals surface area contributed by atoms with Crippen LogP contribution in [-0.4, -0.2) is 68.9 Å². The lowest BCUT2D eigenvalue weighted by molar-refractivity contribution is -0.299. The lowest BCUT2D eigenvalue weighted by Gasteiger charge is -2.42. The zero-order valence-electron chi connectivity index (χ0n) is 9.12. The number of methoxy groups -OCH3 is 3. The van der Waals surface area contributed by atoms with Crippen molar-refractivity contribution in [1.29, 1.82) is 0 Å². The number of aliphatic hydroxyl groups is 2. The van der Waals surface area contributed by atoms with E-state index < -0.39 is 30.7 Å². The molecular formula is C9H18O6. The minimum Gasteiger partial charge on any atom is -0.394 e. The first kappa shape index (κ1) is 12.8. The number of rotatable bonds is 4. The molecule has 0 unspecified atom stereocenters. The summed E-state index contributed by atoms with van der Waals surface area (Å²) in [6.45, 7) is -0.244. The first-order valence-electron chi connectivity index (χ1n) is 4.72. The molecule has 0 saturated carbocycles. The molecule has 1 heterocycles. The van der Waals surface area contributed by atoms with Gasteiger partial charge in [0.2, 0.25) is 0 Å². The highest BCUT2D eigenvalue weighted by atomic mass is 16.7. The highest BCUT2D eigenvalue weighted by Gasteiger charge is 2.46. The summed E-state index contributed by atoms with van der Waals surface area (Å²) >= 11 is 0. The molecule has 0 aromatic carbocycles. The fraction of sp³-hybridized carbons (Fsp3) is 1.00. The third-order valence-corrected chi connectivity index (χ3v) is 2.61. The summed E-state index contributed by atoms with van der Waals surface area (Å²) in [6.07, 6.45) is -3.29. The van der Waals surface area contributed by atoms with E-state index in [0.29, 0.717) is 0 Å². The van der Waals surface area contributed by atoms with E-state index in [9.17, 15) is 5.11 Å². The molecule has 90 valence electrons. The van der Waals surface area contributed by atoms with E-state index in [4.69, 9.17) is 24.1 Å². The highest BCUT2D eigenvalue weighted by Crippen LogP contribution is 2.25. The molecule has 0 amide bonds. The largest absolute Gasteiger partial charge is 0.394 e. The summed E-state index contributed by atoms with van der Waals surface area (Å²) < 4.78 is 20.6. The fourth-order valence-electron chi connectivity index (χ4n) is 1.85. The Bertz CT molecular complexity index is 187. The lowest BCUT2D eigenvalue weighted by atomic mass is 9.99. The Morgan fingerprint density at radius 2 is 1.53 bits per heavy atom. The Balaban J connectivity index is 2.80. The smallest absolute Gasteiger partial charge is 0.184 e. The Hall–Kier alpha value is -0.240. The van der Waals surface area contributed by atoms with Gasteiger partial charge in [-0.1, -0.05) is 0 Å².